The number of pyridine rings is 1. The van der Waals surface area contributed by atoms with Gasteiger partial charge in [-0.05, 0) is 64.4 Å². The van der Waals surface area contributed by atoms with Gasteiger partial charge in [0.25, 0.3) is 0 Å². The molecule has 0 N–H and O–H groups in total. The summed E-state index contributed by atoms with van der Waals surface area (Å²) in [6.07, 6.45) is 6.63. The van der Waals surface area contributed by atoms with Gasteiger partial charge in [0.05, 0.1) is 36.4 Å². The molecule has 0 bridgehead atoms. The second kappa shape index (κ2) is 15.0. The highest BCUT2D eigenvalue weighted by Gasteiger charge is 2.33. The van der Waals surface area contributed by atoms with Crippen molar-refractivity contribution in [3.05, 3.63) is 41.7 Å². The first-order valence-corrected chi connectivity index (χ1v) is 15.8. The largest absolute Gasteiger partial charge is 0.497 e. The first kappa shape index (κ1) is 32.7. The molecule has 1 aromatic carbocycles. The van der Waals surface area contributed by atoms with Crippen LogP contribution in [0.4, 0.5) is 23.0 Å². The summed E-state index contributed by atoms with van der Waals surface area (Å²) in [7, 11) is 5.55. The Bertz CT molecular complexity index is 1520. The van der Waals surface area contributed by atoms with Crippen LogP contribution < -0.4 is 14.5 Å². The van der Waals surface area contributed by atoms with Gasteiger partial charge < -0.3 is 19.3 Å². The fraction of sp³-hybridized carbons (Fsp3) is 0.500. The number of rotatable bonds is 15. The van der Waals surface area contributed by atoms with Crippen LogP contribution in [0.2, 0.25) is 0 Å². The highest BCUT2D eigenvalue weighted by Crippen LogP contribution is 2.43. The van der Waals surface area contributed by atoms with Crippen LogP contribution in [0.5, 0.6) is 5.75 Å². The molecule has 10 heteroatoms. The molecule has 0 aliphatic carbocycles. The molecular formula is C34H47N7O3. The number of nitrogens with zero attached hydrogens (tertiary/aromatic N) is 7. The molecule has 3 heterocycles. The predicted octanol–water partition coefficient (Wildman–Crippen LogP) is 7.38. The molecule has 1 aliphatic rings. The summed E-state index contributed by atoms with van der Waals surface area (Å²) < 4.78 is 13.0. The number of methoxy groups -OCH3 is 1. The lowest BCUT2D eigenvalue weighted by molar-refractivity contribution is 0.0491. The Morgan fingerprint density at radius 1 is 0.977 bits per heavy atom. The number of aromatic nitrogens is 3. The minimum absolute atomic E-state index is 0.206. The van der Waals surface area contributed by atoms with E-state index in [1.54, 1.807) is 11.8 Å². The van der Waals surface area contributed by atoms with Gasteiger partial charge in [0, 0.05) is 38.4 Å². The number of ether oxygens (including phenoxy) is 2. The van der Waals surface area contributed by atoms with E-state index in [0.29, 0.717) is 35.3 Å². The maximum atomic E-state index is 13.6. The number of unbranched alkanes of at least 4 members (excludes halogenated alkanes) is 5. The zero-order valence-corrected chi connectivity index (χ0v) is 27.6. The topological polar surface area (TPSA) is 97.4 Å². The molecule has 10 nitrogen and oxygen atoms in total. The van der Waals surface area contributed by atoms with E-state index in [-0.39, 0.29) is 5.69 Å². The van der Waals surface area contributed by atoms with Crippen molar-refractivity contribution in [2.75, 3.05) is 50.7 Å². The quantitative estimate of drug-likeness (QED) is 0.132. The Kier molecular flexibility index (Phi) is 11.1. The maximum absolute atomic E-state index is 13.6. The molecule has 0 atom stereocenters. The first-order valence-electron chi connectivity index (χ1n) is 15.8. The van der Waals surface area contributed by atoms with Crippen LogP contribution in [-0.2, 0) is 4.74 Å². The Morgan fingerprint density at radius 3 is 2.36 bits per heavy atom. The van der Waals surface area contributed by atoms with E-state index in [9.17, 15) is 4.79 Å². The molecule has 0 radical (unpaired) electrons. The number of carbonyl (C=O) groups is 1. The van der Waals surface area contributed by atoms with E-state index in [0.717, 1.165) is 60.8 Å². The fourth-order valence-corrected chi connectivity index (χ4v) is 5.39. The van der Waals surface area contributed by atoms with Crippen molar-refractivity contribution >= 4 is 40.5 Å². The number of aliphatic imine (C=N–C) groups is 2. The zero-order valence-electron chi connectivity index (χ0n) is 27.6. The molecule has 0 spiro atoms. The van der Waals surface area contributed by atoms with Gasteiger partial charge in [0.1, 0.15) is 11.6 Å². The fourth-order valence-electron chi connectivity index (χ4n) is 5.39. The third-order valence-electron chi connectivity index (χ3n) is 7.90. The Balaban J connectivity index is 1.77. The minimum atomic E-state index is -0.475. The summed E-state index contributed by atoms with van der Waals surface area (Å²) in [6.45, 7) is 12.4. The zero-order chi connectivity index (χ0) is 31.8. The normalized spacial score (nSPS) is 13.2. The molecule has 0 unspecified atom stereocenters. The third-order valence-corrected chi connectivity index (χ3v) is 7.90. The van der Waals surface area contributed by atoms with Crippen molar-refractivity contribution in [3.63, 3.8) is 0 Å². The van der Waals surface area contributed by atoms with E-state index < -0.39 is 5.97 Å². The monoisotopic (exact) mass is 601 g/mol. The predicted molar refractivity (Wildman–Crippen MR) is 180 cm³/mol. The number of benzene rings is 1. The number of esters is 1. The van der Waals surface area contributed by atoms with Crippen LogP contribution in [0.3, 0.4) is 0 Å². The van der Waals surface area contributed by atoms with Crippen LogP contribution in [0.15, 0.2) is 40.3 Å². The van der Waals surface area contributed by atoms with Crippen molar-refractivity contribution in [3.8, 4) is 16.9 Å². The van der Waals surface area contributed by atoms with E-state index in [1.165, 1.54) is 19.3 Å². The molecule has 1 aliphatic heterocycles. The summed E-state index contributed by atoms with van der Waals surface area (Å²) in [5.41, 5.74) is 4.70. The van der Waals surface area contributed by atoms with Crippen LogP contribution >= 0.6 is 0 Å². The van der Waals surface area contributed by atoms with Crippen LogP contribution in [0.25, 0.3) is 11.1 Å². The van der Waals surface area contributed by atoms with Crippen molar-refractivity contribution in [2.24, 2.45) is 9.98 Å². The molecule has 0 amide bonds. The van der Waals surface area contributed by atoms with E-state index in [1.807, 2.05) is 63.2 Å². The number of hydrogen-bond acceptors (Lipinski definition) is 9. The molecule has 0 saturated heterocycles. The minimum Gasteiger partial charge on any atom is -0.497 e. The summed E-state index contributed by atoms with van der Waals surface area (Å²) in [5, 5.41) is 4.80. The number of anilines is 2. The average molecular weight is 602 g/mol. The highest BCUT2D eigenvalue weighted by molar-refractivity contribution is 6.44. The molecule has 44 heavy (non-hydrogen) atoms. The molecule has 2 aromatic heterocycles. The smallest absolute Gasteiger partial charge is 0.359 e. The number of fused-ring (bicyclic) bond motifs is 1. The van der Waals surface area contributed by atoms with Crippen molar-refractivity contribution < 1.29 is 14.3 Å². The summed E-state index contributed by atoms with van der Waals surface area (Å²) in [4.78, 5) is 32.5. The molecule has 0 saturated carbocycles. The lowest BCUT2D eigenvalue weighted by atomic mass is 10.0. The van der Waals surface area contributed by atoms with E-state index in [4.69, 9.17) is 29.5 Å². The van der Waals surface area contributed by atoms with Crippen LogP contribution in [0, 0.1) is 6.92 Å². The van der Waals surface area contributed by atoms with Gasteiger partial charge in [-0.1, -0.05) is 39.0 Å². The van der Waals surface area contributed by atoms with Gasteiger partial charge in [0.15, 0.2) is 17.3 Å². The van der Waals surface area contributed by atoms with Gasteiger partial charge in [-0.3, -0.25) is 0 Å². The highest BCUT2D eigenvalue weighted by atomic mass is 16.5. The molecule has 3 aromatic rings. The number of carbonyl (C=O) groups excluding carboxylic acids is 1. The SMILES string of the molecule is CCCCCCCCOC(=O)c1nn2c(c1-c1cc(OC)ccc1N(C)C)N=C(C)C2=Nc1ccc(N(CC)CC)nc1C. The average Bonchev–Trinajstić information content (AvgIpc) is 3.52. The van der Waals surface area contributed by atoms with Crippen molar-refractivity contribution in [1.29, 1.82) is 0 Å². The van der Waals surface area contributed by atoms with Crippen molar-refractivity contribution in [1.82, 2.24) is 14.8 Å². The Hall–Kier alpha value is -4.21. The van der Waals surface area contributed by atoms with Crippen LogP contribution in [0.1, 0.15) is 82.4 Å². The van der Waals surface area contributed by atoms with Gasteiger partial charge in [-0.2, -0.15) is 9.78 Å². The van der Waals surface area contributed by atoms with Crippen molar-refractivity contribution in [2.45, 2.75) is 73.1 Å². The second-order valence-electron chi connectivity index (χ2n) is 11.2. The molecular weight excluding hydrogens is 554 g/mol. The van der Waals surface area contributed by atoms with Crippen LogP contribution in [-0.4, -0.2) is 73.2 Å². The van der Waals surface area contributed by atoms with Gasteiger partial charge in [-0.15, -0.1) is 0 Å². The van der Waals surface area contributed by atoms with Gasteiger partial charge in [0.2, 0.25) is 0 Å². The lowest BCUT2D eigenvalue weighted by Gasteiger charge is -2.20. The summed E-state index contributed by atoms with van der Waals surface area (Å²) in [6, 6.07) is 9.74. The Labute approximate surface area is 261 Å². The number of aryl methyl sites for hydroxylation is 1. The molecule has 4 rings (SSSR count). The third kappa shape index (κ3) is 7.11. The molecule has 0 fully saturated rings. The second-order valence-corrected chi connectivity index (χ2v) is 11.2. The van der Waals surface area contributed by atoms with E-state index in [2.05, 4.69) is 25.7 Å². The maximum Gasteiger partial charge on any atom is 0.359 e. The molecule has 236 valence electrons. The first-order chi connectivity index (χ1) is 21.2. The van der Waals surface area contributed by atoms with Gasteiger partial charge in [-0.25, -0.2) is 19.8 Å². The standard InChI is InChI=1S/C34H47N7O3/c1-9-12-13-14-15-16-21-44-34(42)31-30(26-22-25(43-8)17-19-28(26)39(6)7)33-36-24(5)32(41(33)38-31)37-27-18-20-29(35-23(27)4)40(10-2)11-3/h17-20,22H,9-16,21H2,1-8H3. The summed E-state index contributed by atoms with van der Waals surface area (Å²) in [5.74, 6) is 2.19. The number of hydrogen-bond donors (Lipinski definition) is 0. The van der Waals surface area contributed by atoms with E-state index >= 15 is 0 Å². The Morgan fingerprint density at radius 2 is 1.70 bits per heavy atom. The van der Waals surface area contributed by atoms with Gasteiger partial charge >= 0.3 is 5.97 Å². The lowest BCUT2D eigenvalue weighted by Crippen LogP contribution is -2.23. The summed E-state index contributed by atoms with van der Waals surface area (Å²) >= 11 is 0.